The van der Waals surface area contributed by atoms with E-state index in [1.807, 2.05) is 16.8 Å². The SMILES string of the molecule is CCNC(C)c1cccn1CC(=O)NC1CCCCC1. The van der Waals surface area contributed by atoms with E-state index in [2.05, 4.69) is 30.5 Å². The van der Waals surface area contributed by atoms with E-state index < -0.39 is 0 Å². The number of hydrogen-bond donors (Lipinski definition) is 2. The fourth-order valence-corrected chi connectivity index (χ4v) is 3.05. The molecule has 0 spiro atoms. The lowest BCUT2D eigenvalue weighted by atomic mass is 9.95. The number of carbonyl (C=O) groups is 1. The van der Waals surface area contributed by atoms with Crippen molar-refractivity contribution in [2.45, 2.75) is 64.6 Å². The largest absolute Gasteiger partial charge is 0.352 e. The summed E-state index contributed by atoms with van der Waals surface area (Å²) >= 11 is 0. The summed E-state index contributed by atoms with van der Waals surface area (Å²) in [6.07, 6.45) is 8.07. The molecule has 1 heterocycles. The van der Waals surface area contributed by atoms with Gasteiger partial charge in [0.25, 0.3) is 0 Å². The van der Waals surface area contributed by atoms with Crippen LogP contribution in [0.4, 0.5) is 0 Å². The topological polar surface area (TPSA) is 46.1 Å². The van der Waals surface area contributed by atoms with Gasteiger partial charge in [-0.15, -0.1) is 0 Å². The van der Waals surface area contributed by atoms with E-state index >= 15 is 0 Å². The van der Waals surface area contributed by atoms with E-state index in [-0.39, 0.29) is 11.9 Å². The van der Waals surface area contributed by atoms with Crippen LogP contribution >= 0.6 is 0 Å². The van der Waals surface area contributed by atoms with Gasteiger partial charge in [0.05, 0.1) is 0 Å². The molecule has 0 aliphatic heterocycles. The zero-order valence-electron chi connectivity index (χ0n) is 12.7. The molecule has 1 atom stereocenters. The molecule has 0 saturated heterocycles. The molecule has 1 aliphatic rings. The first-order chi connectivity index (χ1) is 9.70. The summed E-state index contributed by atoms with van der Waals surface area (Å²) in [4.78, 5) is 12.2. The molecule has 1 saturated carbocycles. The number of nitrogens with zero attached hydrogens (tertiary/aromatic N) is 1. The Labute approximate surface area is 121 Å². The van der Waals surface area contributed by atoms with Gasteiger partial charge in [0.2, 0.25) is 5.91 Å². The summed E-state index contributed by atoms with van der Waals surface area (Å²) in [6.45, 7) is 5.59. The Morgan fingerprint density at radius 2 is 2.15 bits per heavy atom. The first-order valence-corrected chi connectivity index (χ1v) is 7.88. The minimum Gasteiger partial charge on any atom is -0.352 e. The van der Waals surface area contributed by atoms with E-state index in [1.54, 1.807) is 0 Å². The van der Waals surface area contributed by atoms with Crippen molar-refractivity contribution in [1.82, 2.24) is 15.2 Å². The summed E-state index contributed by atoms with van der Waals surface area (Å²) in [7, 11) is 0. The average Bonchev–Trinajstić information content (AvgIpc) is 2.88. The van der Waals surface area contributed by atoms with Gasteiger partial charge < -0.3 is 15.2 Å². The van der Waals surface area contributed by atoms with Crippen molar-refractivity contribution in [3.05, 3.63) is 24.0 Å². The molecular weight excluding hydrogens is 250 g/mol. The van der Waals surface area contributed by atoms with Gasteiger partial charge in [0.15, 0.2) is 0 Å². The van der Waals surface area contributed by atoms with Gasteiger partial charge in [-0.05, 0) is 38.4 Å². The van der Waals surface area contributed by atoms with Crippen molar-refractivity contribution in [2.75, 3.05) is 6.54 Å². The summed E-state index contributed by atoms with van der Waals surface area (Å²) in [5.74, 6) is 0.137. The first-order valence-electron chi connectivity index (χ1n) is 7.88. The van der Waals surface area contributed by atoms with Gasteiger partial charge in [-0.2, -0.15) is 0 Å². The number of nitrogens with one attached hydrogen (secondary N) is 2. The maximum atomic E-state index is 12.2. The molecule has 0 bridgehead atoms. The highest BCUT2D eigenvalue weighted by atomic mass is 16.2. The molecule has 1 fully saturated rings. The van der Waals surface area contributed by atoms with Crippen molar-refractivity contribution in [3.63, 3.8) is 0 Å². The molecule has 0 aromatic carbocycles. The fraction of sp³-hybridized carbons (Fsp3) is 0.688. The second-order valence-electron chi connectivity index (χ2n) is 5.74. The van der Waals surface area contributed by atoms with E-state index in [9.17, 15) is 4.79 Å². The van der Waals surface area contributed by atoms with Gasteiger partial charge in [-0.3, -0.25) is 4.79 Å². The third-order valence-corrected chi connectivity index (χ3v) is 4.10. The van der Waals surface area contributed by atoms with Crippen LogP contribution in [0.25, 0.3) is 0 Å². The predicted molar refractivity (Wildman–Crippen MR) is 81.5 cm³/mol. The highest BCUT2D eigenvalue weighted by molar-refractivity contribution is 5.76. The zero-order valence-corrected chi connectivity index (χ0v) is 12.7. The Bertz CT molecular complexity index is 421. The maximum absolute atomic E-state index is 12.2. The lowest BCUT2D eigenvalue weighted by Crippen LogP contribution is -2.38. The molecule has 4 heteroatoms. The van der Waals surface area contributed by atoms with Crippen molar-refractivity contribution in [3.8, 4) is 0 Å². The molecule has 112 valence electrons. The van der Waals surface area contributed by atoms with Crippen molar-refractivity contribution >= 4 is 5.91 Å². The number of carbonyl (C=O) groups excluding carboxylic acids is 1. The predicted octanol–water partition coefficient (Wildman–Crippen LogP) is 2.61. The van der Waals surface area contributed by atoms with Crippen LogP contribution in [-0.4, -0.2) is 23.1 Å². The Morgan fingerprint density at radius 1 is 1.40 bits per heavy atom. The maximum Gasteiger partial charge on any atom is 0.240 e. The second-order valence-corrected chi connectivity index (χ2v) is 5.74. The second kappa shape index (κ2) is 7.48. The van der Waals surface area contributed by atoms with E-state index in [4.69, 9.17) is 0 Å². The van der Waals surface area contributed by atoms with Gasteiger partial charge in [-0.25, -0.2) is 0 Å². The molecule has 1 amide bonds. The van der Waals surface area contributed by atoms with Crippen LogP contribution in [0.2, 0.25) is 0 Å². The summed E-state index contributed by atoms with van der Waals surface area (Å²) in [5.41, 5.74) is 1.17. The third kappa shape index (κ3) is 4.10. The standard InChI is InChI=1S/C16H27N3O/c1-3-17-13(2)15-10-7-11-19(15)12-16(20)18-14-8-5-4-6-9-14/h7,10-11,13-14,17H,3-6,8-9,12H2,1-2H3,(H,18,20). The molecule has 1 aromatic heterocycles. The average molecular weight is 277 g/mol. The van der Waals surface area contributed by atoms with Crippen LogP contribution in [0.1, 0.15) is 57.7 Å². The Morgan fingerprint density at radius 3 is 2.85 bits per heavy atom. The van der Waals surface area contributed by atoms with Crippen molar-refractivity contribution in [1.29, 1.82) is 0 Å². The molecule has 1 aliphatic carbocycles. The molecule has 0 radical (unpaired) electrons. The van der Waals surface area contributed by atoms with E-state index in [1.165, 1.54) is 25.0 Å². The number of rotatable bonds is 6. The van der Waals surface area contributed by atoms with Gasteiger partial charge in [-0.1, -0.05) is 26.2 Å². The van der Waals surface area contributed by atoms with Crippen LogP contribution in [0.5, 0.6) is 0 Å². The highest BCUT2D eigenvalue weighted by Crippen LogP contribution is 2.17. The van der Waals surface area contributed by atoms with E-state index in [0.29, 0.717) is 12.6 Å². The smallest absolute Gasteiger partial charge is 0.240 e. The molecule has 2 rings (SSSR count). The van der Waals surface area contributed by atoms with Gasteiger partial charge in [0.1, 0.15) is 6.54 Å². The summed E-state index contributed by atoms with van der Waals surface area (Å²) in [5, 5.41) is 6.57. The normalized spacial score (nSPS) is 17.9. The monoisotopic (exact) mass is 277 g/mol. The van der Waals surface area contributed by atoms with Crippen molar-refractivity contribution in [2.24, 2.45) is 0 Å². The van der Waals surface area contributed by atoms with Crippen LogP contribution in [-0.2, 0) is 11.3 Å². The Hall–Kier alpha value is -1.29. The molecular formula is C16H27N3O. The van der Waals surface area contributed by atoms with Gasteiger partial charge in [0, 0.05) is 24.0 Å². The molecule has 1 unspecified atom stereocenters. The summed E-state index contributed by atoms with van der Waals surface area (Å²) < 4.78 is 2.05. The minimum atomic E-state index is 0.137. The Kier molecular flexibility index (Phi) is 5.65. The molecule has 4 nitrogen and oxygen atoms in total. The van der Waals surface area contributed by atoms with Crippen LogP contribution < -0.4 is 10.6 Å². The Balaban J connectivity index is 1.89. The summed E-state index contributed by atoms with van der Waals surface area (Å²) in [6, 6.07) is 4.76. The fourth-order valence-electron chi connectivity index (χ4n) is 3.05. The van der Waals surface area contributed by atoms with E-state index in [0.717, 1.165) is 19.4 Å². The molecule has 1 aromatic rings. The van der Waals surface area contributed by atoms with Gasteiger partial charge >= 0.3 is 0 Å². The number of aromatic nitrogens is 1. The van der Waals surface area contributed by atoms with Crippen LogP contribution in [0.3, 0.4) is 0 Å². The molecule has 2 N–H and O–H groups in total. The highest BCUT2D eigenvalue weighted by Gasteiger charge is 2.17. The zero-order chi connectivity index (χ0) is 14.4. The number of hydrogen-bond acceptors (Lipinski definition) is 2. The lowest BCUT2D eigenvalue weighted by molar-refractivity contribution is -0.122. The third-order valence-electron chi connectivity index (χ3n) is 4.10. The quantitative estimate of drug-likeness (QED) is 0.839. The van der Waals surface area contributed by atoms with Crippen LogP contribution in [0, 0.1) is 0 Å². The van der Waals surface area contributed by atoms with Crippen molar-refractivity contribution < 1.29 is 4.79 Å². The first kappa shape index (κ1) is 15.1. The van der Waals surface area contributed by atoms with Crippen LogP contribution in [0.15, 0.2) is 18.3 Å². The number of amides is 1. The minimum absolute atomic E-state index is 0.137. The lowest BCUT2D eigenvalue weighted by Gasteiger charge is -2.23. The molecule has 20 heavy (non-hydrogen) atoms.